The van der Waals surface area contributed by atoms with E-state index in [-0.39, 0.29) is 5.11 Å². The summed E-state index contributed by atoms with van der Waals surface area (Å²) in [4.78, 5) is 11.1. The molecule has 0 saturated heterocycles. The van der Waals surface area contributed by atoms with Crippen LogP contribution in [0.5, 0.6) is 0 Å². The highest BCUT2D eigenvalue weighted by molar-refractivity contribution is 7.80. The number of aryl methyl sites for hydroxylation is 1. The molecule has 1 aromatic carbocycles. The number of carbonyl (C=O) groups is 1. The summed E-state index contributed by atoms with van der Waals surface area (Å²) in [5.74, 6) is 0. The molecule has 1 amide bonds. The number of hydrogen-bond donors (Lipinski definition) is 2. The van der Waals surface area contributed by atoms with E-state index in [1.807, 2.05) is 6.92 Å². The molecule has 0 aromatic heterocycles. The molecule has 4 nitrogen and oxygen atoms in total. The molecule has 2 N–H and O–H groups in total. The van der Waals surface area contributed by atoms with E-state index in [1.165, 1.54) is 0 Å². The number of nitrogens with one attached hydrogen (secondary N) is 2. The van der Waals surface area contributed by atoms with Gasteiger partial charge in [0.2, 0.25) is 0 Å². The second-order valence-corrected chi connectivity index (χ2v) is 4.10. The Morgan fingerprint density at radius 1 is 1.53 bits per heavy atom. The van der Waals surface area contributed by atoms with E-state index in [2.05, 4.69) is 10.6 Å². The van der Waals surface area contributed by atoms with Gasteiger partial charge >= 0.3 is 6.09 Å². The van der Waals surface area contributed by atoms with Gasteiger partial charge in [-0.2, -0.15) is 0 Å². The highest BCUT2D eigenvalue weighted by Gasteiger charge is 2.06. The fraction of sp³-hybridized carbons (Fsp3) is 0.273. The molecular weight excluding hydrogens is 260 g/mol. The van der Waals surface area contributed by atoms with Gasteiger partial charge in [0.15, 0.2) is 5.11 Å². The van der Waals surface area contributed by atoms with E-state index in [9.17, 15) is 4.79 Å². The van der Waals surface area contributed by atoms with Crippen molar-refractivity contribution in [3.05, 3.63) is 28.8 Å². The molecule has 0 saturated carbocycles. The summed E-state index contributed by atoms with van der Waals surface area (Å²) in [6.45, 7) is 3.91. The lowest BCUT2D eigenvalue weighted by molar-refractivity contribution is 0.158. The van der Waals surface area contributed by atoms with Crippen molar-refractivity contribution in [3.63, 3.8) is 0 Å². The van der Waals surface area contributed by atoms with Gasteiger partial charge in [0.25, 0.3) is 0 Å². The number of carbonyl (C=O) groups excluding carboxylic acids is 1. The first-order valence-corrected chi connectivity index (χ1v) is 5.82. The molecule has 0 bridgehead atoms. The van der Waals surface area contributed by atoms with Gasteiger partial charge in [-0.1, -0.05) is 11.6 Å². The van der Waals surface area contributed by atoms with Crippen LogP contribution in [0.25, 0.3) is 0 Å². The molecule has 0 fully saturated rings. The normalized spacial score (nSPS) is 9.59. The number of anilines is 1. The average molecular weight is 273 g/mol. The second-order valence-electron chi connectivity index (χ2n) is 3.26. The highest BCUT2D eigenvalue weighted by atomic mass is 35.5. The Balaban J connectivity index is 2.59. The maximum atomic E-state index is 11.1. The molecule has 0 aliphatic rings. The maximum absolute atomic E-state index is 11.1. The van der Waals surface area contributed by atoms with Crippen molar-refractivity contribution in [1.29, 1.82) is 0 Å². The molecular formula is C11H13ClN2O2S. The van der Waals surface area contributed by atoms with Crippen LogP contribution in [0.4, 0.5) is 10.5 Å². The molecule has 6 heteroatoms. The standard InChI is InChI=1S/C11H13ClN2O2S/c1-3-16-11(15)14-10(17)13-9-5-4-8(12)6-7(9)2/h4-6H,3H2,1-2H3,(H2,13,14,15,17). The summed E-state index contributed by atoms with van der Waals surface area (Å²) >= 11 is 10.8. The predicted octanol–water partition coefficient (Wildman–Crippen LogP) is 3.09. The number of benzene rings is 1. The lowest BCUT2D eigenvalue weighted by Gasteiger charge is -2.11. The number of hydrogen-bond acceptors (Lipinski definition) is 3. The third-order valence-electron chi connectivity index (χ3n) is 1.93. The van der Waals surface area contributed by atoms with Crippen molar-refractivity contribution in [1.82, 2.24) is 5.32 Å². The number of thiocarbonyl (C=S) groups is 1. The van der Waals surface area contributed by atoms with Gasteiger partial charge in [0.05, 0.1) is 6.61 Å². The zero-order valence-corrected chi connectivity index (χ0v) is 11.1. The quantitative estimate of drug-likeness (QED) is 0.813. The van der Waals surface area contributed by atoms with E-state index < -0.39 is 6.09 Å². The van der Waals surface area contributed by atoms with Crippen LogP contribution >= 0.6 is 23.8 Å². The van der Waals surface area contributed by atoms with Crippen molar-refractivity contribution in [2.45, 2.75) is 13.8 Å². The minimum Gasteiger partial charge on any atom is -0.450 e. The van der Waals surface area contributed by atoms with Crippen LogP contribution in [0.2, 0.25) is 5.02 Å². The second kappa shape index (κ2) is 6.42. The third kappa shape index (κ3) is 4.58. The Bertz CT molecular complexity index is 437. The van der Waals surface area contributed by atoms with Crippen LogP contribution < -0.4 is 10.6 Å². The first kappa shape index (κ1) is 13.7. The van der Waals surface area contributed by atoms with E-state index in [4.69, 9.17) is 28.6 Å². The molecule has 92 valence electrons. The van der Waals surface area contributed by atoms with E-state index >= 15 is 0 Å². The molecule has 0 aliphatic heterocycles. The topological polar surface area (TPSA) is 50.4 Å². The van der Waals surface area contributed by atoms with Crippen molar-refractivity contribution >= 4 is 40.7 Å². The monoisotopic (exact) mass is 272 g/mol. The largest absolute Gasteiger partial charge is 0.450 e. The summed E-state index contributed by atoms with van der Waals surface area (Å²) < 4.78 is 4.70. The smallest absolute Gasteiger partial charge is 0.413 e. The first-order chi connectivity index (χ1) is 8.02. The Morgan fingerprint density at radius 2 is 2.24 bits per heavy atom. The minimum atomic E-state index is -0.573. The highest BCUT2D eigenvalue weighted by Crippen LogP contribution is 2.19. The molecule has 17 heavy (non-hydrogen) atoms. The summed E-state index contributed by atoms with van der Waals surface area (Å²) in [5.41, 5.74) is 1.72. The number of halogens is 1. The Morgan fingerprint density at radius 3 is 2.82 bits per heavy atom. The lowest BCUT2D eigenvalue weighted by atomic mass is 10.2. The van der Waals surface area contributed by atoms with Crippen LogP contribution in [-0.2, 0) is 4.74 Å². The van der Waals surface area contributed by atoms with Gasteiger partial charge in [-0.15, -0.1) is 0 Å². The van der Waals surface area contributed by atoms with E-state index in [0.717, 1.165) is 11.3 Å². The van der Waals surface area contributed by atoms with Crippen molar-refractivity contribution in [2.75, 3.05) is 11.9 Å². The van der Waals surface area contributed by atoms with Crippen LogP contribution in [0, 0.1) is 6.92 Å². The van der Waals surface area contributed by atoms with Crippen LogP contribution in [-0.4, -0.2) is 17.8 Å². The van der Waals surface area contributed by atoms with Crippen LogP contribution in [0.3, 0.4) is 0 Å². The van der Waals surface area contributed by atoms with E-state index in [0.29, 0.717) is 11.6 Å². The minimum absolute atomic E-state index is 0.189. The molecule has 0 radical (unpaired) electrons. The summed E-state index contributed by atoms with van der Waals surface area (Å²) in [6.07, 6.45) is -0.573. The Labute approximate surface area is 110 Å². The zero-order chi connectivity index (χ0) is 12.8. The first-order valence-electron chi connectivity index (χ1n) is 5.04. The molecule has 1 aromatic rings. The van der Waals surface area contributed by atoms with Crippen LogP contribution in [0.15, 0.2) is 18.2 Å². The van der Waals surface area contributed by atoms with Crippen LogP contribution in [0.1, 0.15) is 12.5 Å². The van der Waals surface area contributed by atoms with Crippen molar-refractivity contribution in [3.8, 4) is 0 Å². The van der Waals surface area contributed by atoms with Gasteiger partial charge in [0.1, 0.15) is 0 Å². The number of ether oxygens (including phenoxy) is 1. The zero-order valence-electron chi connectivity index (χ0n) is 9.54. The molecule has 1 rings (SSSR count). The van der Waals surface area contributed by atoms with Crippen molar-refractivity contribution in [2.24, 2.45) is 0 Å². The van der Waals surface area contributed by atoms with Gasteiger partial charge in [0, 0.05) is 10.7 Å². The fourth-order valence-electron chi connectivity index (χ4n) is 1.18. The van der Waals surface area contributed by atoms with E-state index in [1.54, 1.807) is 25.1 Å². The summed E-state index contributed by atoms with van der Waals surface area (Å²) in [6, 6.07) is 5.33. The maximum Gasteiger partial charge on any atom is 0.413 e. The van der Waals surface area contributed by atoms with Gasteiger partial charge in [-0.25, -0.2) is 4.79 Å². The average Bonchev–Trinajstić information content (AvgIpc) is 2.22. The van der Waals surface area contributed by atoms with Crippen molar-refractivity contribution < 1.29 is 9.53 Å². The molecule has 0 atom stereocenters. The number of rotatable bonds is 2. The Hall–Kier alpha value is -1.33. The molecule has 0 heterocycles. The molecule has 0 aliphatic carbocycles. The number of alkyl carbamates (subject to hydrolysis) is 1. The SMILES string of the molecule is CCOC(=O)NC(=S)Nc1ccc(Cl)cc1C. The van der Waals surface area contributed by atoms with Gasteiger partial charge in [-0.05, 0) is 49.8 Å². The third-order valence-corrected chi connectivity index (χ3v) is 2.37. The lowest BCUT2D eigenvalue weighted by Crippen LogP contribution is -2.34. The summed E-state index contributed by atoms with van der Waals surface area (Å²) in [5, 5.41) is 6.12. The summed E-state index contributed by atoms with van der Waals surface area (Å²) in [7, 11) is 0. The molecule has 0 spiro atoms. The predicted molar refractivity (Wildman–Crippen MR) is 72.6 cm³/mol. The van der Waals surface area contributed by atoms with Gasteiger partial charge in [-0.3, -0.25) is 5.32 Å². The van der Waals surface area contributed by atoms with Gasteiger partial charge < -0.3 is 10.1 Å². The fourth-order valence-corrected chi connectivity index (χ4v) is 1.60. The molecule has 0 unspecified atom stereocenters. The Kier molecular flexibility index (Phi) is 5.18. The number of amides is 1.